The summed E-state index contributed by atoms with van der Waals surface area (Å²) in [6.45, 7) is 19.1. The van der Waals surface area contributed by atoms with E-state index in [1.165, 1.54) is 11.6 Å². The fourth-order valence-electron chi connectivity index (χ4n) is 4.68. The Balaban J connectivity index is 2.16. The molecule has 15 heteroatoms. The first-order valence-electron chi connectivity index (χ1n) is 16.3. The van der Waals surface area contributed by atoms with E-state index >= 15 is 0 Å². The van der Waals surface area contributed by atoms with Crippen LogP contribution in [-0.2, 0) is 23.8 Å². The Morgan fingerprint density at radius 2 is 1.34 bits per heavy atom. The van der Waals surface area contributed by atoms with Gasteiger partial charge in [-0.2, -0.15) is 0 Å². The van der Waals surface area contributed by atoms with Crippen molar-refractivity contribution in [2.75, 3.05) is 32.7 Å². The molecule has 1 fully saturated rings. The highest BCUT2D eigenvalue weighted by Gasteiger charge is 2.33. The van der Waals surface area contributed by atoms with Crippen LogP contribution in [0, 0.1) is 0 Å². The van der Waals surface area contributed by atoms with Gasteiger partial charge in [0.1, 0.15) is 34.3 Å². The zero-order chi connectivity index (χ0) is 35.6. The van der Waals surface area contributed by atoms with Crippen molar-refractivity contribution in [3.8, 4) is 0 Å². The number of carbonyl (C=O) groups is 5. The van der Waals surface area contributed by atoms with Crippen molar-refractivity contribution >= 4 is 30.0 Å². The highest BCUT2D eigenvalue weighted by molar-refractivity contribution is 5.82. The fourth-order valence-corrected chi connectivity index (χ4v) is 4.68. The number of carbonyl (C=O) groups excluding carboxylic acids is 5. The zero-order valence-electron chi connectivity index (χ0n) is 29.8. The van der Waals surface area contributed by atoms with Crippen molar-refractivity contribution in [2.45, 2.75) is 130 Å². The molecule has 0 radical (unpaired) electrons. The molecule has 2 rings (SSSR count). The van der Waals surface area contributed by atoms with Gasteiger partial charge < -0.3 is 39.4 Å². The molecule has 0 bridgehead atoms. The molecule has 0 aliphatic carbocycles. The predicted octanol–water partition coefficient (Wildman–Crippen LogP) is 4.53. The third-order valence-corrected chi connectivity index (χ3v) is 6.78. The van der Waals surface area contributed by atoms with Gasteiger partial charge in [-0.3, -0.25) is 4.79 Å². The second-order valence-corrected chi connectivity index (χ2v) is 14.8. The molecule has 1 aromatic rings. The Kier molecular flexibility index (Phi) is 14.0. The molecule has 0 saturated carbocycles. The molecule has 2 heterocycles. The molecule has 2 N–H and O–H groups in total. The number of nitrogens with one attached hydrogen (secondary N) is 2. The maximum atomic E-state index is 13.8. The van der Waals surface area contributed by atoms with E-state index < -0.39 is 47.2 Å². The van der Waals surface area contributed by atoms with Crippen LogP contribution in [0.4, 0.5) is 14.4 Å². The van der Waals surface area contributed by atoms with Crippen molar-refractivity contribution < 1.29 is 38.2 Å². The normalized spacial score (nSPS) is 15.4. The minimum Gasteiger partial charge on any atom is -0.444 e. The van der Waals surface area contributed by atoms with E-state index in [4.69, 9.17) is 14.2 Å². The van der Waals surface area contributed by atoms with E-state index in [9.17, 15) is 24.0 Å². The summed E-state index contributed by atoms with van der Waals surface area (Å²) in [5.74, 6) is -0.307. The Hall–Kier alpha value is -3.91. The summed E-state index contributed by atoms with van der Waals surface area (Å²) in [6.07, 6.45) is 2.09. The topological polar surface area (TPSA) is 174 Å². The molecule has 0 spiro atoms. The predicted molar refractivity (Wildman–Crippen MR) is 174 cm³/mol. The summed E-state index contributed by atoms with van der Waals surface area (Å²) in [6, 6.07) is -1.41. The highest BCUT2D eigenvalue weighted by atomic mass is 16.6. The second-order valence-electron chi connectivity index (χ2n) is 14.8. The van der Waals surface area contributed by atoms with Gasteiger partial charge in [-0.25, -0.2) is 19.1 Å². The van der Waals surface area contributed by atoms with Gasteiger partial charge in [0.2, 0.25) is 5.91 Å². The molecule has 266 valence electrons. The van der Waals surface area contributed by atoms with Crippen LogP contribution in [0.15, 0.2) is 6.20 Å². The molecule has 0 aromatic carbocycles. The van der Waals surface area contributed by atoms with Gasteiger partial charge in [0, 0.05) is 39.1 Å². The molecule has 1 aliphatic heterocycles. The SMILES string of the molecule is CC(=O)CC[C@@H](C(=O)N1CCN(C(=O)OC(C)(C)C)CC1)n1cc([C@H](CCCCNC(=O)OC(C)(C)C)NC(=O)OC(C)(C)C)nn1. The molecule has 1 aromatic heterocycles. The highest BCUT2D eigenvalue weighted by Crippen LogP contribution is 2.23. The molecular weight excluding hydrogens is 610 g/mol. The molecule has 4 amide bonds. The van der Waals surface area contributed by atoms with Crippen molar-refractivity contribution in [1.29, 1.82) is 0 Å². The standard InChI is InChI=1S/C32H55N7O8/c1-22(40)14-15-25(26(41)37-17-19-38(20-18-37)29(44)47-32(8,9)10)39-21-24(35-36-39)23(34-28(43)46-31(5,6)7)13-11-12-16-33-27(42)45-30(2,3)4/h21,23,25H,11-20H2,1-10H3,(H,33,42)(H,34,43)/t23-,25-/m0/s1. The Morgan fingerprint density at radius 3 is 1.89 bits per heavy atom. The minimum absolute atomic E-state index is 0.0673. The molecule has 47 heavy (non-hydrogen) atoms. The monoisotopic (exact) mass is 665 g/mol. The Morgan fingerprint density at radius 1 is 0.787 bits per heavy atom. The fraction of sp³-hybridized carbons (Fsp3) is 0.781. The van der Waals surface area contributed by atoms with Crippen molar-refractivity contribution in [1.82, 2.24) is 35.4 Å². The summed E-state index contributed by atoms with van der Waals surface area (Å²) in [4.78, 5) is 66.1. The Bertz CT molecular complexity index is 1220. The van der Waals surface area contributed by atoms with E-state index in [0.29, 0.717) is 57.7 Å². The number of hydrogen-bond acceptors (Lipinski definition) is 10. The zero-order valence-corrected chi connectivity index (χ0v) is 29.8. The van der Waals surface area contributed by atoms with Crippen LogP contribution in [0.25, 0.3) is 0 Å². The van der Waals surface area contributed by atoms with E-state index in [0.717, 1.165) is 0 Å². The van der Waals surface area contributed by atoms with Crippen LogP contribution in [0.1, 0.15) is 119 Å². The lowest BCUT2D eigenvalue weighted by atomic mass is 10.1. The number of hydrogen-bond donors (Lipinski definition) is 2. The average molecular weight is 666 g/mol. The maximum absolute atomic E-state index is 13.8. The summed E-state index contributed by atoms with van der Waals surface area (Å²) >= 11 is 0. The summed E-state index contributed by atoms with van der Waals surface area (Å²) in [7, 11) is 0. The molecule has 1 aliphatic rings. The molecular formula is C32H55N7O8. The number of unbranched alkanes of at least 4 members (excludes halogenated alkanes) is 1. The first-order chi connectivity index (χ1) is 21.6. The smallest absolute Gasteiger partial charge is 0.410 e. The summed E-state index contributed by atoms with van der Waals surface area (Å²) in [5, 5.41) is 14.1. The van der Waals surface area contributed by atoms with Gasteiger partial charge in [0.15, 0.2) is 0 Å². The molecule has 1 saturated heterocycles. The van der Waals surface area contributed by atoms with Gasteiger partial charge in [0.05, 0.1) is 12.2 Å². The van der Waals surface area contributed by atoms with E-state index in [-0.39, 0.29) is 24.5 Å². The number of nitrogens with zero attached hydrogens (tertiary/aromatic N) is 5. The number of alkyl carbamates (subject to hydrolysis) is 2. The lowest BCUT2D eigenvalue weighted by Crippen LogP contribution is -2.53. The summed E-state index contributed by atoms with van der Waals surface area (Å²) < 4.78 is 17.6. The van der Waals surface area contributed by atoms with Gasteiger partial charge in [-0.05, 0) is 94.9 Å². The van der Waals surface area contributed by atoms with E-state index in [2.05, 4.69) is 20.9 Å². The largest absolute Gasteiger partial charge is 0.444 e. The Labute approximate surface area is 278 Å². The minimum atomic E-state index is -0.812. The number of ketones is 1. The number of rotatable bonds is 12. The first kappa shape index (κ1) is 39.3. The van der Waals surface area contributed by atoms with Gasteiger partial charge in [0.25, 0.3) is 0 Å². The second kappa shape index (κ2) is 16.8. The van der Waals surface area contributed by atoms with Crippen LogP contribution in [-0.4, -0.2) is 104 Å². The third-order valence-electron chi connectivity index (χ3n) is 6.78. The van der Waals surface area contributed by atoms with E-state index in [1.807, 2.05) is 0 Å². The van der Waals surface area contributed by atoms with Crippen molar-refractivity contribution in [3.63, 3.8) is 0 Å². The molecule has 2 atom stereocenters. The number of piperazine rings is 1. The van der Waals surface area contributed by atoms with Gasteiger partial charge in [-0.1, -0.05) is 5.21 Å². The van der Waals surface area contributed by atoms with E-state index in [1.54, 1.807) is 78.3 Å². The number of ether oxygens (including phenoxy) is 3. The number of aromatic nitrogens is 3. The first-order valence-corrected chi connectivity index (χ1v) is 16.3. The summed E-state index contributed by atoms with van der Waals surface area (Å²) in [5.41, 5.74) is -1.52. The number of amides is 4. The number of Topliss-reactive ketones (excluding diaryl/α,β-unsaturated/α-hetero) is 1. The van der Waals surface area contributed by atoms with Crippen LogP contribution in [0.5, 0.6) is 0 Å². The maximum Gasteiger partial charge on any atom is 0.410 e. The van der Waals surface area contributed by atoms with Crippen molar-refractivity contribution in [2.24, 2.45) is 0 Å². The van der Waals surface area contributed by atoms with Crippen LogP contribution in [0.2, 0.25) is 0 Å². The van der Waals surface area contributed by atoms with Gasteiger partial charge >= 0.3 is 18.3 Å². The average Bonchev–Trinajstić information content (AvgIpc) is 3.39. The quantitative estimate of drug-likeness (QED) is 0.238. The van der Waals surface area contributed by atoms with Crippen LogP contribution in [0.3, 0.4) is 0 Å². The van der Waals surface area contributed by atoms with Crippen LogP contribution >= 0.6 is 0 Å². The van der Waals surface area contributed by atoms with Crippen molar-refractivity contribution in [3.05, 3.63) is 11.9 Å². The molecule has 0 unspecified atom stereocenters. The lowest BCUT2D eigenvalue weighted by molar-refractivity contribution is -0.137. The van der Waals surface area contributed by atoms with Crippen LogP contribution < -0.4 is 10.6 Å². The molecule has 15 nitrogen and oxygen atoms in total. The third kappa shape index (κ3) is 15.0. The lowest BCUT2D eigenvalue weighted by Gasteiger charge is -2.37. The van der Waals surface area contributed by atoms with Gasteiger partial charge in [-0.15, -0.1) is 5.10 Å².